The molecular weight excluding hydrogens is 598 g/mol. The highest BCUT2D eigenvalue weighted by molar-refractivity contribution is 5.99. The first-order chi connectivity index (χ1) is 22.8. The third-order valence-corrected chi connectivity index (χ3v) is 9.50. The first kappa shape index (κ1) is 34.1. The standard InChI is InChI=1S/C37H45N3O7/c1-3-5-18-30(42)46-25-28(27-16-10-7-11-17-27)38-34(43)31-29-19-20-37(47-29)32(31)35(44)40(22-12-13-23-41)33(37)36(45)39(21-4-2)24-26-14-8-6-9-15-26/h3-4,6-11,14-17,28-29,31-33,41H,1-2,5,12-13,18-25H2,(H,38,43)/t28-,29+,31-,32-,33+,37-/m1/s1. The van der Waals surface area contributed by atoms with Gasteiger partial charge in [0.2, 0.25) is 17.7 Å². The number of benzene rings is 2. The van der Waals surface area contributed by atoms with Crippen molar-refractivity contribution in [1.29, 1.82) is 0 Å². The van der Waals surface area contributed by atoms with Crippen molar-refractivity contribution < 1.29 is 33.8 Å². The Labute approximate surface area is 276 Å². The maximum Gasteiger partial charge on any atom is 0.306 e. The first-order valence-electron chi connectivity index (χ1n) is 16.5. The second-order valence-electron chi connectivity index (χ2n) is 12.5. The number of rotatable bonds is 17. The normalized spacial score (nSPS) is 24.8. The maximum atomic E-state index is 14.5. The molecule has 250 valence electrons. The Hall–Kier alpha value is -4.28. The summed E-state index contributed by atoms with van der Waals surface area (Å²) in [4.78, 5) is 58.6. The van der Waals surface area contributed by atoms with E-state index in [1.54, 1.807) is 22.0 Å². The van der Waals surface area contributed by atoms with E-state index in [0.717, 1.165) is 11.1 Å². The van der Waals surface area contributed by atoms with Gasteiger partial charge >= 0.3 is 5.97 Å². The quantitative estimate of drug-likeness (QED) is 0.153. The highest BCUT2D eigenvalue weighted by Gasteiger charge is 2.74. The van der Waals surface area contributed by atoms with Gasteiger partial charge in [0.05, 0.1) is 24.0 Å². The van der Waals surface area contributed by atoms with Crippen molar-refractivity contribution in [2.24, 2.45) is 11.8 Å². The van der Waals surface area contributed by atoms with Crippen LogP contribution in [0.15, 0.2) is 86.0 Å². The van der Waals surface area contributed by atoms with Crippen molar-refractivity contribution >= 4 is 23.7 Å². The van der Waals surface area contributed by atoms with Gasteiger partial charge in [0, 0.05) is 32.7 Å². The summed E-state index contributed by atoms with van der Waals surface area (Å²) in [5.41, 5.74) is 0.544. The topological polar surface area (TPSA) is 125 Å². The average molecular weight is 644 g/mol. The van der Waals surface area contributed by atoms with Crippen molar-refractivity contribution in [3.63, 3.8) is 0 Å². The van der Waals surface area contributed by atoms with Gasteiger partial charge < -0.3 is 29.7 Å². The number of unbranched alkanes of at least 4 members (excludes halogenated alkanes) is 1. The third kappa shape index (κ3) is 7.18. The molecule has 3 aliphatic heterocycles. The van der Waals surface area contributed by atoms with Crippen LogP contribution in [0.25, 0.3) is 0 Å². The Bertz CT molecular complexity index is 1430. The summed E-state index contributed by atoms with van der Waals surface area (Å²) >= 11 is 0. The van der Waals surface area contributed by atoms with Gasteiger partial charge in [-0.3, -0.25) is 19.2 Å². The molecule has 1 spiro atoms. The number of aliphatic hydroxyl groups excluding tert-OH is 1. The number of hydrogen-bond acceptors (Lipinski definition) is 7. The average Bonchev–Trinajstić information content (AvgIpc) is 3.73. The van der Waals surface area contributed by atoms with Crippen LogP contribution in [0.4, 0.5) is 0 Å². The molecule has 0 aliphatic carbocycles. The van der Waals surface area contributed by atoms with E-state index in [2.05, 4.69) is 18.5 Å². The summed E-state index contributed by atoms with van der Waals surface area (Å²) in [5.74, 6) is -2.97. The fourth-order valence-electron chi connectivity index (χ4n) is 7.38. The van der Waals surface area contributed by atoms with Gasteiger partial charge in [-0.1, -0.05) is 72.8 Å². The van der Waals surface area contributed by atoms with Crippen molar-refractivity contribution in [2.75, 3.05) is 26.3 Å². The summed E-state index contributed by atoms with van der Waals surface area (Å²) in [6, 6.07) is 17.3. The Morgan fingerprint density at radius 3 is 2.49 bits per heavy atom. The molecule has 0 unspecified atom stereocenters. The molecule has 2 bridgehead atoms. The number of likely N-dealkylation sites (tertiary alicyclic amines) is 1. The Kier molecular flexibility index (Phi) is 11.3. The molecule has 3 fully saturated rings. The van der Waals surface area contributed by atoms with E-state index in [4.69, 9.17) is 9.47 Å². The number of allylic oxidation sites excluding steroid dienone is 1. The van der Waals surface area contributed by atoms with E-state index in [-0.39, 0.29) is 50.4 Å². The summed E-state index contributed by atoms with van der Waals surface area (Å²) in [7, 11) is 0. The van der Waals surface area contributed by atoms with Crippen LogP contribution < -0.4 is 5.32 Å². The maximum absolute atomic E-state index is 14.5. The summed E-state index contributed by atoms with van der Waals surface area (Å²) < 4.78 is 12.2. The molecule has 3 heterocycles. The molecule has 2 aromatic rings. The summed E-state index contributed by atoms with van der Waals surface area (Å²) in [5, 5.41) is 12.5. The lowest BCUT2D eigenvalue weighted by atomic mass is 9.70. The van der Waals surface area contributed by atoms with Crippen LogP contribution in [-0.2, 0) is 35.2 Å². The molecule has 3 aliphatic rings. The molecule has 47 heavy (non-hydrogen) atoms. The second-order valence-corrected chi connectivity index (χ2v) is 12.5. The lowest BCUT2D eigenvalue weighted by Crippen LogP contribution is -2.56. The molecule has 3 amide bonds. The largest absolute Gasteiger partial charge is 0.463 e. The lowest BCUT2D eigenvalue weighted by Gasteiger charge is -2.37. The van der Waals surface area contributed by atoms with Crippen molar-refractivity contribution in [3.8, 4) is 0 Å². The zero-order valence-corrected chi connectivity index (χ0v) is 26.8. The number of carbonyl (C=O) groups is 4. The van der Waals surface area contributed by atoms with Crippen LogP contribution >= 0.6 is 0 Å². The van der Waals surface area contributed by atoms with Crippen LogP contribution in [0.3, 0.4) is 0 Å². The number of amides is 3. The smallest absolute Gasteiger partial charge is 0.306 e. The van der Waals surface area contributed by atoms with E-state index in [1.165, 1.54) is 0 Å². The highest BCUT2D eigenvalue weighted by atomic mass is 16.5. The fourth-order valence-corrected chi connectivity index (χ4v) is 7.38. The first-order valence-corrected chi connectivity index (χ1v) is 16.5. The number of aliphatic hydroxyl groups is 1. The highest BCUT2D eigenvalue weighted by Crippen LogP contribution is 2.58. The van der Waals surface area contributed by atoms with Crippen molar-refractivity contribution in [3.05, 3.63) is 97.1 Å². The molecule has 5 rings (SSSR count). The zero-order chi connectivity index (χ0) is 33.4. The van der Waals surface area contributed by atoms with E-state index in [1.807, 2.05) is 60.7 Å². The van der Waals surface area contributed by atoms with Gasteiger partial charge in [-0.05, 0) is 43.2 Å². The zero-order valence-electron chi connectivity index (χ0n) is 26.8. The predicted octanol–water partition coefficient (Wildman–Crippen LogP) is 3.72. The van der Waals surface area contributed by atoms with Gasteiger partial charge in [-0.25, -0.2) is 0 Å². The molecule has 3 saturated heterocycles. The van der Waals surface area contributed by atoms with Gasteiger partial charge in [0.25, 0.3) is 0 Å². The van der Waals surface area contributed by atoms with Gasteiger partial charge in [0.1, 0.15) is 18.2 Å². The molecule has 2 aromatic carbocycles. The third-order valence-electron chi connectivity index (χ3n) is 9.50. The number of hydrogen-bond donors (Lipinski definition) is 2. The molecular formula is C37H45N3O7. The number of esters is 1. The van der Waals surface area contributed by atoms with E-state index in [9.17, 15) is 24.3 Å². The molecule has 0 radical (unpaired) electrons. The SMILES string of the molecule is C=CCCC(=O)OC[C@@H](NC(=O)[C@@H]1[C@@H]2CC[C@]3(O2)[C@H](C(=O)N(CC=C)Cc2ccccc2)N(CCCCO)C(=O)[C@@H]13)c1ccccc1. The van der Waals surface area contributed by atoms with Gasteiger partial charge in [-0.15, -0.1) is 13.2 Å². The summed E-state index contributed by atoms with van der Waals surface area (Å²) in [6.07, 6.45) is 5.42. The van der Waals surface area contributed by atoms with Crippen LogP contribution in [-0.4, -0.2) is 82.6 Å². The molecule has 2 N–H and O–H groups in total. The second kappa shape index (κ2) is 15.5. The van der Waals surface area contributed by atoms with Crippen LogP contribution in [0.1, 0.15) is 55.7 Å². The molecule has 0 aromatic heterocycles. The molecule has 0 saturated carbocycles. The van der Waals surface area contributed by atoms with Gasteiger partial charge in [0.15, 0.2) is 0 Å². The number of nitrogens with one attached hydrogen (secondary N) is 1. The Morgan fingerprint density at radius 1 is 1.09 bits per heavy atom. The predicted molar refractivity (Wildman–Crippen MR) is 175 cm³/mol. The Balaban J connectivity index is 1.42. The van der Waals surface area contributed by atoms with Crippen LogP contribution in [0, 0.1) is 11.8 Å². The van der Waals surface area contributed by atoms with E-state index in [0.29, 0.717) is 38.6 Å². The molecule has 10 heteroatoms. The van der Waals surface area contributed by atoms with Crippen LogP contribution in [0.5, 0.6) is 0 Å². The minimum atomic E-state index is -1.16. The van der Waals surface area contributed by atoms with Crippen molar-refractivity contribution in [2.45, 2.75) is 68.9 Å². The lowest BCUT2D eigenvalue weighted by molar-refractivity contribution is -0.148. The molecule has 10 nitrogen and oxygen atoms in total. The molecule has 6 atom stereocenters. The van der Waals surface area contributed by atoms with Gasteiger partial charge in [-0.2, -0.15) is 0 Å². The monoisotopic (exact) mass is 643 g/mol. The number of fused-ring (bicyclic) bond motifs is 1. The fraction of sp³-hybridized carbons (Fsp3) is 0.459. The Morgan fingerprint density at radius 2 is 1.81 bits per heavy atom. The minimum absolute atomic E-state index is 0.0333. The number of ether oxygens (including phenoxy) is 2. The summed E-state index contributed by atoms with van der Waals surface area (Å²) in [6.45, 7) is 8.27. The van der Waals surface area contributed by atoms with E-state index >= 15 is 0 Å². The number of nitrogens with zero attached hydrogens (tertiary/aromatic N) is 2. The number of carbonyl (C=O) groups excluding carboxylic acids is 4. The van der Waals surface area contributed by atoms with Crippen LogP contribution in [0.2, 0.25) is 0 Å². The van der Waals surface area contributed by atoms with Crippen molar-refractivity contribution in [1.82, 2.24) is 15.1 Å². The van der Waals surface area contributed by atoms with E-state index < -0.39 is 41.6 Å². The minimum Gasteiger partial charge on any atom is -0.463 e.